The molecule has 0 aliphatic carbocycles. The zero-order valence-corrected chi connectivity index (χ0v) is 12.2. The van der Waals surface area contributed by atoms with E-state index in [4.69, 9.17) is 22.0 Å². The third-order valence-electron chi connectivity index (χ3n) is 3.03. The maximum Gasteiger partial charge on any atom is 0.259 e. The summed E-state index contributed by atoms with van der Waals surface area (Å²) in [5.74, 6) is -1.60. The minimum atomic E-state index is -0.802. The van der Waals surface area contributed by atoms with Crippen LogP contribution in [0.25, 0.3) is 12.2 Å². The number of rotatable bonds is 4. The molecule has 1 rings (SSSR count). The molecule has 0 bridgehead atoms. The molecule has 0 aliphatic rings. The average molecular weight is 294 g/mol. The summed E-state index contributed by atoms with van der Waals surface area (Å²) in [5.41, 5.74) is 12.7. The second-order valence-corrected chi connectivity index (χ2v) is 4.63. The zero-order valence-electron chi connectivity index (χ0n) is 12.2. The fourth-order valence-corrected chi connectivity index (χ4v) is 1.80. The Labute approximate surface area is 127 Å². The molecule has 0 fully saturated rings. The van der Waals surface area contributed by atoms with E-state index in [2.05, 4.69) is 0 Å². The number of amides is 2. The van der Waals surface area contributed by atoms with Gasteiger partial charge in [0.25, 0.3) is 11.8 Å². The highest BCUT2D eigenvalue weighted by atomic mass is 16.1. The highest BCUT2D eigenvalue weighted by Gasteiger charge is 2.09. The van der Waals surface area contributed by atoms with Crippen molar-refractivity contribution < 1.29 is 9.59 Å². The summed E-state index contributed by atoms with van der Waals surface area (Å²) in [6.07, 6.45) is 2.80. The lowest BCUT2D eigenvalue weighted by atomic mass is 9.97. The van der Waals surface area contributed by atoms with Crippen molar-refractivity contribution in [3.05, 3.63) is 45.5 Å². The van der Waals surface area contributed by atoms with Crippen molar-refractivity contribution in [3.63, 3.8) is 0 Å². The van der Waals surface area contributed by atoms with Crippen molar-refractivity contribution in [1.29, 1.82) is 10.5 Å². The van der Waals surface area contributed by atoms with Gasteiger partial charge in [-0.1, -0.05) is 12.1 Å². The molecule has 0 atom stereocenters. The molecule has 6 heteroatoms. The number of hydrogen-bond acceptors (Lipinski definition) is 4. The van der Waals surface area contributed by atoms with E-state index < -0.39 is 11.8 Å². The minimum Gasteiger partial charge on any atom is -0.365 e. The molecule has 0 heterocycles. The second-order valence-electron chi connectivity index (χ2n) is 4.63. The van der Waals surface area contributed by atoms with Gasteiger partial charge in [0, 0.05) is 0 Å². The normalized spacial score (nSPS) is 11.5. The predicted molar refractivity (Wildman–Crippen MR) is 81.5 cm³/mol. The standard InChI is InChI=1S/C16H14N4O2/c1-9-3-12(6-14(8-18)16(20)22)10(2)4-11(9)5-13(7-17)15(19)21/h3-6H,1-2H3,(H2,19,21)(H2,20,22)/b13-5+,14-6+. The Bertz CT molecular complexity index is 722. The third-order valence-corrected chi connectivity index (χ3v) is 3.03. The fraction of sp³-hybridized carbons (Fsp3) is 0.125. The smallest absolute Gasteiger partial charge is 0.259 e. The highest BCUT2D eigenvalue weighted by Crippen LogP contribution is 2.21. The zero-order chi connectivity index (χ0) is 16.9. The molecule has 0 unspecified atom stereocenters. The number of carbonyl (C=O) groups is 2. The topological polar surface area (TPSA) is 134 Å². The summed E-state index contributed by atoms with van der Waals surface area (Å²) in [7, 11) is 0. The maximum absolute atomic E-state index is 11.1. The van der Waals surface area contributed by atoms with Gasteiger partial charge in [0.2, 0.25) is 0 Å². The minimum absolute atomic E-state index is 0.152. The molecule has 2 amide bonds. The van der Waals surface area contributed by atoms with Crippen molar-refractivity contribution in [3.8, 4) is 12.1 Å². The van der Waals surface area contributed by atoms with Gasteiger partial charge in [0.15, 0.2) is 0 Å². The first-order valence-corrected chi connectivity index (χ1v) is 6.24. The van der Waals surface area contributed by atoms with Gasteiger partial charge < -0.3 is 11.5 Å². The second kappa shape index (κ2) is 6.87. The maximum atomic E-state index is 11.1. The van der Waals surface area contributed by atoms with Gasteiger partial charge in [-0.2, -0.15) is 10.5 Å². The third kappa shape index (κ3) is 3.81. The van der Waals surface area contributed by atoms with Gasteiger partial charge in [0.1, 0.15) is 23.3 Å². The number of aryl methyl sites for hydroxylation is 2. The van der Waals surface area contributed by atoms with Gasteiger partial charge in [-0.25, -0.2) is 0 Å². The summed E-state index contributed by atoms with van der Waals surface area (Å²) in [4.78, 5) is 22.2. The van der Waals surface area contributed by atoms with E-state index in [-0.39, 0.29) is 11.1 Å². The monoisotopic (exact) mass is 294 g/mol. The Balaban J connectivity index is 3.42. The van der Waals surface area contributed by atoms with E-state index in [1.165, 1.54) is 12.2 Å². The quantitative estimate of drug-likeness (QED) is 0.634. The van der Waals surface area contributed by atoms with Crippen LogP contribution < -0.4 is 11.5 Å². The molecule has 6 nitrogen and oxygen atoms in total. The summed E-state index contributed by atoms with van der Waals surface area (Å²) >= 11 is 0. The average Bonchev–Trinajstić information content (AvgIpc) is 2.45. The van der Waals surface area contributed by atoms with Gasteiger partial charge >= 0.3 is 0 Å². The van der Waals surface area contributed by atoms with Crippen molar-refractivity contribution in [2.45, 2.75) is 13.8 Å². The lowest BCUT2D eigenvalue weighted by Crippen LogP contribution is -2.13. The van der Waals surface area contributed by atoms with Crippen LogP contribution >= 0.6 is 0 Å². The Kier molecular flexibility index (Phi) is 5.21. The molecule has 0 aromatic heterocycles. The van der Waals surface area contributed by atoms with Gasteiger partial charge in [-0.3, -0.25) is 9.59 Å². The van der Waals surface area contributed by atoms with Crippen molar-refractivity contribution in [2.75, 3.05) is 0 Å². The van der Waals surface area contributed by atoms with E-state index in [9.17, 15) is 9.59 Å². The van der Waals surface area contributed by atoms with Gasteiger partial charge in [-0.05, 0) is 48.3 Å². The van der Waals surface area contributed by atoms with Crippen LogP contribution in [0.2, 0.25) is 0 Å². The molecule has 1 aromatic rings. The van der Waals surface area contributed by atoms with Crippen LogP contribution in [0.3, 0.4) is 0 Å². The van der Waals surface area contributed by atoms with Crippen LogP contribution in [0.1, 0.15) is 22.3 Å². The Morgan fingerprint density at radius 2 is 1.23 bits per heavy atom. The van der Waals surface area contributed by atoms with Crippen molar-refractivity contribution in [2.24, 2.45) is 11.5 Å². The van der Waals surface area contributed by atoms with Gasteiger partial charge in [-0.15, -0.1) is 0 Å². The fourth-order valence-electron chi connectivity index (χ4n) is 1.80. The molecular weight excluding hydrogens is 280 g/mol. The number of nitrogens with zero attached hydrogens (tertiary/aromatic N) is 2. The molecule has 1 aromatic carbocycles. The molecule has 0 saturated carbocycles. The first-order valence-electron chi connectivity index (χ1n) is 6.24. The largest absolute Gasteiger partial charge is 0.365 e. The molecule has 110 valence electrons. The number of nitrogens with two attached hydrogens (primary N) is 2. The SMILES string of the molecule is Cc1cc(/C=C(\C#N)C(N)=O)c(C)cc1/C=C(\C#N)C(N)=O. The lowest BCUT2D eigenvalue weighted by Gasteiger charge is -2.07. The number of primary amides is 2. The summed E-state index contributed by atoms with van der Waals surface area (Å²) in [6, 6.07) is 6.94. The number of nitriles is 2. The first-order chi connectivity index (χ1) is 10.3. The van der Waals surface area contributed by atoms with E-state index in [0.717, 1.165) is 11.1 Å². The summed E-state index contributed by atoms with van der Waals surface area (Å²) in [5, 5.41) is 17.7. The van der Waals surface area contributed by atoms with Crippen molar-refractivity contribution in [1.82, 2.24) is 0 Å². The van der Waals surface area contributed by atoms with Gasteiger partial charge in [0.05, 0.1) is 0 Å². The van der Waals surface area contributed by atoms with E-state index in [1.54, 1.807) is 38.1 Å². The molecule has 0 spiro atoms. The van der Waals surface area contributed by atoms with Crippen LogP contribution in [0.15, 0.2) is 23.3 Å². The molecule has 4 N–H and O–H groups in total. The van der Waals surface area contributed by atoms with E-state index in [1.807, 2.05) is 0 Å². The van der Waals surface area contributed by atoms with Crippen LogP contribution in [-0.4, -0.2) is 11.8 Å². The Hall–Kier alpha value is -3.38. The molecular formula is C16H14N4O2. The van der Waals surface area contributed by atoms with Crippen LogP contribution in [-0.2, 0) is 9.59 Å². The molecule has 0 saturated heterocycles. The van der Waals surface area contributed by atoms with Crippen LogP contribution in [0.4, 0.5) is 0 Å². The van der Waals surface area contributed by atoms with E-state index in [0.29, 0.717) is 11.1 Å². The lowest BCUT2D eigenvalue weighted by molar-refractivity contribution is -0.115. The van der Waals surface area contributed by atoms with Crippen LogP contribution in [0, 0.1) is 36.5 Å². The summed E-state index contributed by atoms with van der Waals surface area (Å²) in [6.45, 7) is 3.55. The summed E-state index contributed by atoms with van der Waals surface area (Å²) < 4.78 is 0. The predicted octanol–water partition coefficient (Wildman–Crippen LogP) is 1.09. The Morgan fingerprint density at radius 3 is 1.45 bits per heavy atom. The number of carbonyl (C=O) groups excluding carboxylic acids is 2. The number of hydrogen-bond donors (Lipinski definition) is 2. The highest BCUT2D eigenvalue weighted by molar-refractivity contribution is 6.01. The van der Waals surface area contributed by atoms with E-state index >= 15 is 0 Å². The number of benzene rings is 1. The first kappa shape index (κ1) is 16.7. The van der Waals surface area contributed by atoms with Crippen LogP contribution in [0.5, 0.6) is 0 Å². The molecule has 0 aliphatic heterocycles. The van der Waals surface area contributed by atoms with Crippen molar-refractivity contribution >= 4 is 24.0 Å². The molecule has 0 radical (unpaired) electrons. The molecule has 22 heavy (non-hydrogen) atoms. The Morgan fingerprint density at radius 1 is 0.909 bits per heavy atom.